The summed E-state index contributed by atoms with van der Waals surface area (Å²) in [5.41, 5.74) is 1.68. The van der Waals surface area contributed by atoms with Crippen LogP contribution in [0.5, 0.6) is 5.88 Å². The Balaban J connectivity index is 1.80. The molecule has 0 radical (unpaired) electrons. The third-order valence-corrected chi connectivity index (χ3v) is 5.80. The van der Waals surface area contributed by atoms with Crippen LogP contribution in [0.1, 0.15) is 63.0 Å². The average molecular weight is 412 g/mol. The van der Waals surface area contributed by atoms with E-state index in [1.165, 1.54) is 12.1 Å². The van der Waals surface area contributed by atoms with Crippen LogP contribution < -0.4 is 10.1 Å². The standard InChI is InChI=1S/C23H29N3O4/c1-3-4-14-30-21-17(2)15-19(16-24-21)25-22(27)23(12-6-5-7-13-23)18-8-10-20(11-9-18)26(28)29/h8-11,15-16H,3-7,12-14H2,1-2H3,(H,25,27). The van der Waals surface area contributed by atoms with Gasteiger partial charge in [0, 0.05) is 17.7 Å². The molecule has 1 aromatic heterocycles. The monoisotopic (exact) mass is 411 g/mol. The summed E-state index contributed by atoms with van der Waals surface area (Å²) in [6, 6.07) is 8.27. The number of nitrogens with one attached hydrogen (secondary N) is 1. The molecule has 30 heavy (non-hydrogen) atoms. The van der Waals surface area contributed by atoms with Gasteiger partial charge >= 0.3 is 0 Å². The maximum absolute atomic E-state index is 13.4. The van der Waals surface area contributed by atoms with Gasteiger partial charge in [-0.2, -0.15) is 0 Å². The second kappa shape index (κ2) is 9.69. The van der Waals surface area contributed by atoms with Crippen molar-refractivity contribution in [2.45, 2.75) is 64.2 Å². The maximum atomic E-state index is 13.4. The lowest BCUT2D eigenvalue weighted by atomic mass is 9.68. The number of anilines is 1. The maximum Gasteiger partial charge on any atom is 0.269 e. The lowest BCUT2D eigenvalue weighted by molar-refractivity contribution is -0.384. The summed E-state index contributed by atoms with van der Waals surface area (Å²) < 4.78 is 5.69. The van der Waals surface area contributed by atoms with E-state index >= 15 is 0 Å². The molecule has 160 valence electrons. The topological polar surface area (TPSA) is 94.4 Å². The minimum absolute atomic E-state index is 0.0311. The van der Waals surface area contributed by atoms with Gasteiger partial charge in [-0.05, 0) is 37.8 Å². The van der Waals surface area contributed by atoms with E-state index in [1.54, 1.807) is 18.3 Å². The number of unbranched alkanes of at least 4 members (excludes halogenated alkanes) is 1. The number of aryl methyl sites for hydroxylation is 1. The summed E-state index contributed by atoms with van der Waals surface area (Å²) in [6.45, 7) is 4.64. The van der Waals surface area contributed by atoms with Crippen LogP contribution in [0.4, 0.5) is 11.4 Å². The number of hydrogen-bond donors (Lipinski definition) is 1. The van der Waals surface area contributed by atoms with Crippen LogP contribution in [-0.4, -0.2) is 22.4 Å². The number of nitro benzene ring substituents is 1. The Kier molecular flexibility index (Phi) is 7.03. The highest BCUT2D eigenvalue weighted by Crippen LogP contribution is 2.41. The predicted molar refractivity (Wildman–Crippen MR) is 116 cm³/mol. The molecule has 7 nitrogen and oxygen atoms in total. The molecule has 1 saturated carbocycles. The number of non-ortho nitro benzene ring substituents is 1. The van der Waals surface area contributed by atoms with Gasteiger partial charge in [0.15, 0.2) is 0 Å². The van der Waals surface area contributed by atoms with E-state index in [2.05, 4.69) is 17.2 Å². The highest BCUT2D eigenvalue weighted by molar-refractivity contribution is 5.99. The van der Waals surface area contributed by atoms with Gasteiger partial charge in [-0.3, -0.25) is 14.9 Å². The van der Waals surface area contributed by atoms with Crippen molar-refractivity contribution in [3.8, 4) is 5.88 Å². The normalized spacial score (nSPS) is 15.4. The summed E-state index contributed by atoms with van der Waals surface area (Å²) in [6.07, 6.45) is 8.08. The number of amides is 1. The lowest BCUT2D eigenvalue weighted by Gasteiger charge is -2.36. The molecule has 1 aliphatic carbocycles. The third-order valence-electron chi connectivity index (χ3n) is 5.80. The van der Waals surface area contributed by atoms with E-state index in [0.29, 0.717) is 18.2 Å². The minimum Gasteiger partial charge on any atom is -0.477 e. The first kappa shape index (κ1) is 21.7. The lowest BCUT2D eigenvalue weighted by Crippen LogP contribution is -2.42. The zero-order valence-corrected chi connectivity index (χ0v) is 17.6. The Morgan fingerprint density at radius 3 is 2.53 bits per heavy atom. The van der Waals surface area contributed by atoms with Crippen molar-refractivity contribution in [3.63, 3.8) is 0 Å². The van der Waals surface area contributed by atoms with Crippen molar-refractivity contribution in [2.24, 2.45) is 0 Å². The minimum atomic E-state index is -0.683. The fourth-order valence-corrected chi connectivity index (χ4v) is 4.05. The molecule has 0 bridgehead atoms. The SMILES string of the molecule is CCCCOc1ncc(NC(=O)C2(c3ccc([N+](=O)[O-])cc3)CCCCC2)cc1C. The molecule has 1 fully saturated rings. The van der Waals surface area contributed by atoms with Crippen LogP contribution in [0.25, 0.3) is 0 Å². The Morgan fingerprint density at radius 1 is 1.23 bits per heavy atom. The number of nitrogens with zero attached hydrogens (tertiary/aromatic N) is 2. The van der Waals surface area contributed by atoms with Crippen molar-refractivity contribution in [3.05, 3.63) is 57.8 Å². The molecule has 1 aliphatic rings. The van der Waals surface area contributed by atoms with Gasteiger partial charge in [-0.15, -0.1) is 0 Å². The van der Waals surface area contributed by atoms with Crippen LogP contribution in [0.15, 0.2) is 36.5 Å². The number of carbonyl (C=O) groups excluding carboxylic acids is 1. The van der Waals surface area contributed by atoms with E-state index in [-0.39, 0.29) is 11.6 Å². The van der Waals surface area contributed by atoms with Crippen LogP contribution in [0.3, 0.4) is 0 Å². The Hall–Kier alpha value is -2.96. The van der Waals surface area contributed by atoms with Crippen LogP contribution >= 0.6 is 0 Å². The molecule has 1 N–H and O–H groups in total. The fourth-order valence-electron chi connectivity index (χ4n) is 4.05. The van der Waals surface area contributed by atoms with Gasteiger partial charge in [0.1, 0.15) is 0 Å². The molecular formula is C23H29N3O4. The molecule has 1 aromatic carbocycles. The van der Waals surface area contributed by atoms with E-state index in [9.17, 15) is 14.9 Å². The zero-order valence-electron chi connectivity index (χ0n) is 17.6. The second-order valence-corrected chi connectivity index (χ2v) is 7.95. The average Bonchev–Trinajstić information content (AvgIpc) is 2.76. The quantitative estimate of drug-likeness (QED) is 0.360. The van der Waals surface area contributed by atoms with Gasteiger partial charge < -0.3 is 10.1 Å². The highest BCUT2D eigenvalue weighted by Gasteiger charge is 2.41. The first-order chi connectivity index (χ1) is 14.5. The predicted octanol–water partition coefficient (Wildman–Crippen LogP) is 5.32. The van der Waals surface area contributed by atoms with Crippen molar-refractivity contribution in [1.82, 2.24) is 4.98 Å². The van der Waals surface area contributed by atoms with Gasteiger partial charge in [0.25, 0.3) is 5.69 Å². The summed E-state index contributed by atoms with van der Waals surface area (Å²) in [5, 5.41) is 14.0. The highest BCUT2D eigenvalue weighted by atomic mass is 16.6. The summed E-state index contributed by atoms with van der Waals surface area (Å²) in [7, 11) is 0. The van der Waals surface area contributed by atoms with E-state index in [4.69, 9.17) is 4.74 Å². The van der Waals surface area contributed by atoms with Gasteiger partial charge in [-0.25, -0.2) is 4.98 Å². The first-order valence-corrected chi connectivity index (χ1v) is 10.6. The molecule has 0 unspecified atom stereocenters. The van der Waals surface area contributed by atoms with Crippen LogP contribution in [0.2, 0.25) is 0 Å². The Labute approximate surface area is 177 Å². The van der Waals surface area contributed by atoms with E-state index < -0.39 is 10.3 Å². The number of hydrogen-bond acceptors (Lipinski definition) is 5. The van der Waals surface area contributed by atoms with Crippen molar-refractivity contribution >= 4 is 17.3 Å². The number of pyridine rings is 1. The molecule has 0 atom stereocenters. The van der Waals surface area contributed by atoms with Crippen molar-refractivity contribution in [2.75, 3.05) is 11.9 Å². The number of ether oxygens (including phenoxy) is 1. The zero-order chi connectivity index (χ0) is 21.6. The van der Waals surface area contributed by atoms with Crippen LogP contribution in [-0.2, 0) is 10.2 Å². The fraction of sp³-hybridized carbons (Fsp3) is 0.478. The van der Waals surface area contributed by atoms with Crippen molar-refractivity contribution < 1.29 is 14.5 Å². The summed E-state index contributed by atoms with van der Waals surface area (Å²) in [5.74, 6) is 0.501. The molecule has 7 heteroatoms. The summed E-state index contributed by atoms with van der Waals surface area (Å²) in [4.78, 5) is 28.3. The number of nitro groups is 1. The smallest absolute Gasteiger partial charge is 0.269 e. The Morgan fingerprint density at radius 2 is 1.93 bits per heavy atom. The van der Waals surface area contributed by atoms with E-state index in [1.807, 2.05) is 13.0 Å². The third kappa shape index (κ3) is 4.78. The first-order valence-electron chi connectivity index (χ1n) is 10.6. The molecule has 0 aliphatic heterocycles. The van der Waals surface area contributed by atoms with E-state index in [0.717, 1.165) is 56.1 Å². The molecule has 0 spiro atoms. The molecule has 3 rings (SSSR count). The molecule has 1 amide bonds. The van der Waals surface area contributed by atoms with Gasteiger partial charge in [-0.1, -0.05) is 44.7 Å². The van der Waals surface area contributed by atoms with Crippen molar-refractivity contribution in [1.29, 1.82) is 0 Å². The van der Waals surface area contributed by atoms with Gasteiger partial charge in [0.2, 0.25) is 11.8 Å². The second-order valence-electron chi connectivity index (χ2n) is 7.95. The van der Waals surface area contributed by atoms with Crippen LogP contribution in [0, 0.1) is 17.0 Å². The number of aromatic nitrogens is 1. The summed E-state index contributed by atoms with van der Waals surface area (Å²) >= 11 is 0. The Bertz CT molecular complexity index is 890. The van der Waals surface area contributed by atoms with Gasteiger partial charge in [0.05, 0.1) is 28.8 Å². The molecular weight excluding hydrogens is 382 g/mol. The molecule has 0 saturated heterocycles. The molecule has 2 aromatic rings. The number of rotatable bonds is 8. The number of benzene rings is 1. The molecule has 1 heterocycles. The number of carbonyl (C=O) groups is 1. The largest absolute Gasteiger partial charge is 0.477 e.